The molecule has 0 saturated carbocycles. The van der Waals surface area contributed by atoms with E-state index in [1.54, 1.807) is 23.1 Å². The van der Waals surface area contributed by atoms with Crippen LogP contribution in [-0.4, -0.2) is 24.1 Å². The number of likely N-dealkylation sites (tertiary alicyclic amines) is 1. The Balaban J connectivity index is 1.71. The van der Waals surface area contributed by atoms with Gasteiger partial charge in [0.25, 0.3) is 0 Å². The van der Waals surface area contributed by atoms with Gasteiger partial charge in [0.05, 0.1) is 29.4 Å². The van der Waals surface area contributed by atoms with E-state index in [-0.39, 0.29) is 36.8 Å². The van der Waals surface area contributed by atoms with E-state index in [0.717, 1.165) is 5.56 Å². The predicted molar refractivity (Wildman–Crippen MR) is 154 cm³/mol. The highest BCUT2D eigenvalue weighted by Crippen LogP contribution is 2.47. The van der Waals surface area contributed by atoms with Crippen molar-refractivity contribution in [3.05, 3.63) is 119 Å². The Morgan fingerprint density at radius 3 is 2.05 bits per heavy atom. The quantitative estimate of drug-likeness (QED) is 0.177. The number of carbonyl (C=O) groups excluding carboxylic acids is 1. The molecule has 1 amide bonds. The zero-order valence-electron chi connectivity index (χ0n) is 24.5. The number of nitrogens with zero attached hydrogens (tertiary/aromatic N) is 1. The van der Waals surface area contributed by atoms with Crippen LogP contribution < -0.4 is 0 Å². The van der Waals surface area contributed by atoms with Crippen LogP contribution >= 0.6 is 0 Å². The minimum atomic E-state index is -4.99. The van der Waals surface area contributed by atoms with Crippen molar-refractivity contribution >= 4 is 6.09 Å². The summed E-state index contributed by atoms with van der Waals surface area (Å²) >= 11 is 0. The predicted octanol–water partition coefficient (Wildman–Crippen LogP) is 9.71. The highest BCUT2D eigenvalue weighted by molar-refractivity contribution is 5.70. The monoisotopic (exact) mass is 619 g/mol. The lowest BCUT2D eigenvalue weighted by Crippen LogP contribution is -2.59. The average Bonchev–Trinajstić information content (AvgIpc) is 2.99. The second-order valence-electron chi connectivity index (χ2n) is 11.6. The van der Waals surface area contributed by atoms with Gasteiger partial charge >= 0.3 is 18.4 Å². The minimum Gasteiger partial charge on any atom is -0.445 e. The highest BCUT2D eigenvalue weighted by atomic mass is 19.4. The lowest BCUT2D eigenvalue weighted by Gasteiger charge is -2.52. The third-order valence-electron chi connectivity index (χ3n) is 8.22. The van der Waals surface area contributed by atoms with E-state index in [0.29, 0.717) is 37.0 Å². The fourth-order valence-electron chi connectivity index (χ4n) is 5.66. The molecular weight excluding hydrogens is 584 g/mol. The Labute approximate surface area is 253 Å². The Morgan fingerprint density at radius 2 is 1.50 bits per heavy atom. The fraction of sp³-hybridized carbons (Fsp3) is 0.382. The van der Waals surface area contributed by atoms with Crippen LogP contribution in [0, 0.1) is 5.41 Å². The SMILES string of the molecule is C=CC[C@@]1(C)CC[C@@](CO[C@H](C)c2cc(C(F)(F)F)cc(C(F)(F)F)c2)(c2ccccc2)N(C(=O)OCc2ccccc2)C1. The van der Waals surface area contributed by atoms with Crippen molar-refractivity contribution < 1.29 is 40.6 Å². The summed E-state index contributed by atoms with van der Waals surface area (Å²) in [6.45, 7) is 7.38. The highest BCUT2D eigenvalue weighted by Gasteiger charge is 2.50. The largest absolute Gasteiger partial charge is 0.445 e. The van der Waals surface area contributed by atoms with Gasteiger partial charge in [0, 0.05) is 6.54 Å². The summed E-state index contributed by atoms with van der Waals surface area (Å²) in [7, 11) is 0. The van der Waals surface area contributed by atoms with E-state index in [9.17, 15) is 31.1 Å². The van der Waals surface area contributed by atoms with Gasteiger partial charge in [0.15, 0.2) is 0 Å². The first-order valence-electron chi connectivity index (χ1n) is 14.2. The molecule has 0 aliphatic carbocycles. The Morgan fingerprint density at radius 1 is 0.932 bits per heavy atom. The van der Waals surface area contributed by atoms with Crippen molar-refractivity contribution in [1.82, 2.24) is 4.90 Å². The third kappa shape index (κ3) is 7.64. The molecule has 0 aromatic heterocycles. The van der Waals surface area contributed by atoms with Crippen LogP contribution in [0.3, 0.4) is 0 Å². The second-order valence-corrected chi connectivity index (χ2v) is 11.6. The smallest absolute Gasteiger partial charge is 0.416 e. The molecule has 44 heavy (non-hydrogen) atoms. The summed E-state index contributed by atoms with van der Waals surface area (Å²) in [5.41, 5.74) is -3.07. The number of piperidine rings is 1. The van der Waals surface area contributed by atoms with E-state index >= 15 is 0 Å². The van der Waals surface area contributed by atoms with E-state index in [1.807, 2.05) is 55.5 Å². The van der Waals surface area contributed by atoms with Crippen LogP contribution in [0.15, 0.2) is 91.5 Å². The standard InChI is InChI=1S/C34H35F6NO3/c1-4-15-31(3)16-17-32(27-13-9-6-10-14-27,41(22-31)30(42)43-21-25-11-7-5-8-12-25)23-44-24(2)26-18-28(33(35,36)37)20-29(19-26)34(38,39)40/h4-14,18-20,24H,1,15-17,21-23H2,2-3H3/t24-,31+,32-/m1/s1. The number of allylic oxidation sites excluding steroid dienone is 1. The molecule has 3 aromatic rings. The molecule has 3 aromatic carbocycles. The van der Waals surface area contributed by atoms with Gasteiger partial charge in [-0.3, -0.25) is 4.90 Å². The Kier molecular flexibility index (Phi) is 9.83. The lowest BCUT2D eigenvalue weighted by molar-refractivity contribution is -0.143. The number of amides is 1. The molecule has 0 N–H and O–H groups in total. The van der Waals surface area contributed by atoms with Crippen molar-refractivity contribution in [2.75, 3.05) is 13.2 Å². The summed E-state index contributed by atoms with van der Waals surface area (Å²) in [6.07, 6.45) is -8.29. The summed E-state index contributed by atoms with van der Waals surface area (Å²) in [5, 5.41) is 0. The number of alkyl halides is 6. The van der Waals surface area contributed by atoms with Crippen molar-refractivity contribution in [2.45, 2.75) is 63.7 Å². The normalized spacial score (nSPS) is 21.5. The van der Waals surface area contributed by atoms with Crippen molar-refractivity contribution in [3.8, 4) is 0 Å². The van der Waals surface area contributed by atoms with Gasteiger partial charge in [-0.2, -0.15) is 26.3 Å². The number of carbonyl (C=O) groups is 1. The summed E-state index contributed by atoms with van der Waals surface area (Å²) in [6, 6.07) is 19.6. The summed E-state index contributed by atoms with van der Waals surface area (Å²) in [5.74, 6) is 0. The number of benzene rings is 3. The number of halogens is 6. The molecule has 1 aliphatic heterocycles. The van der Waals surface area contributed by atoms with E-state index in [1.165, 1.54) is 6.92 Å². The maximum Gasteiger partial charge on any atom is 0.416 e. The van der Waals surface area contributed by atoms with Gasteiger partial charge < -0.3 is 9.47 Å². The Bertz CT molecular complexity index is 1390. The molecule has 1 aliphatic rings. The molecule has 1 fully saturated rings. The van der Waals surface area contributed by atoms with Crippen molar-refractivity contribution in [1.29, 1.82) is 0 Å². The van der Waals surface area contributed by atoms with Gasteiger partial charge in [0.2, 0.25) is 0 Å². The summed E-state index contributed by atoms with van der Waals surface area (Å²) in [4.78, 5) is 15.4. The van der Waals surface area contributed by atoms with Crippen LogP contribution in [0.5, 0.6) is 0 Å². The molecule has 236 valence electrons. The van der Waals surface area contributed by atoms with Crippen molar-refractivity contribution in [3.63, 3.8) is 0 Å². The molecule has 4 nitrogen and oxygen atoms in total. The second kappa shape index (κ2) is 13.1. The first-order chi connectivity index (χ1) is 20.7. The maximum atomic E-state index is 13.8. The molecule has 1 heterocycles. The van der Waals surface area contributed by atoms with E-state index in [2.05, 4.69) is 6.58 Å². The molecule has 4 rings (SSSR count). The van der Waals surface area contributed by atoms with Gasteiger partial charge in [-0.1, -0.05) is 73.7 Å². The van der Waals surface area contributed by atoms with Crippen LogP contribution in [0.2, 0.25) is 0 Å². The van der Waals surface area contributed by atoms with Crippen LogP contribution in [0.25, 0.3) is 0 Å². The number of hydrogen-bond donors (Lipinski definition) is 0. The molecule has 3 atom stereocenters. The molecule has 0 radical (unpaired) electrons. The first kappa shape index (κ1) is 33.1. The molecule has 0 unspecified atom stereocenters. The van der Waals surface area contributed by atoms with E-state index < -0.39 is 41.2 Å². The Hall–Kier alpha value is -3.79. The molecule has 1 saturated heterocycles. The average molecular weight is 620 g/mol. The summed E-state index contributed by atoms with van der Waals surface area (Å²) < 4.78 is 93.2. The molecule has 0 spiro atoms. The minimum absolute atomic E-state index is 0.0148. The van der Waals surface area contributed by atoms with Gasteiger partial charge in [-0.15, -0.1) is 6.58 Å². The third-order valence-corrected chi connectivity index (χ3v) is 8.22. The lowest BCUT2D eigenvalue weighted by atomic mass is 9.70. The van der Waals surface area contributed by atoms with Crippen LogP contribution in [-0.2, 0) is 34.0 Å². The molecule has 0 bridgehead atoms. The van der Waals surface area contributed by atoms with Crippen LogP contribution in [0.4, 0.5) is 31.1 Å². The zero-order valence-corrected chi connectivity index (χ0v) is 24.5. The van der Waals surface area contributed by atoms with Gasteiger partial charge in [-0.25, -0.2) is 4.79 Å². The molecule has 10 heteroatoms. The fourth-order valence-corrected chi connectivity index (χ4v) is 5.66. The first-order valence-corrected chi connectivity index (χ1v) is 14.2. The van der Waals surface area contributed by atoms with E-state index in [4.69, 9.17) is 9.47 Å². The molecular formula is C34H35F6NO3. The van der Waals surface area contributed by atoms with Gasteiger partial charge in [0.1, 0.15) is 6.61 Å². The zero-order chi connectivity index (χ0) is 32.2. The number of ether oxygens (including phenoxy) is 2. The van der Waals surface area contributed by atoms with Gasteiger partial charge in [-0.05, 0) is 66.5 Å². The number of hydrogen-bond acceptors (Lipinski definition) is 3. The van der Waals surface area contributed by atoms with Crippen LogP contribution in [0.1, 0.15) is 67.0 Å². The van der Waals surface area contributed by atoms with Crippen molar-refractivity contribution in [2.24, 2.45) is 5.41 Å². The topological polar surface area (TPSA) is 38.8 Å². The number of rotatable bonds is 9. The maximum absolute atomic E-state index is 13.8.